The van der Waals surface area contributed by atoms with Crippen molar-refractivity contribution in [2.24, 2.45) is 0 Å². The largest absolute Gasteiger partial charge is 1.00 e. The highest BCUT2D eigenvalue weighted by Crippen LogP contribution is 2.11. The Balaban J connectivity index is 0.000000720. The lowest BCUT2D eigenvalue weighted by Crippen LogP contribution is -3.10. The fourth-order valence-corrected chi connectivity index (χ4v) is 2.29. The first kappa shape index (κ1) is 10.1. The summed E-state index contributed by atoms with van der Waals surface area (Å²) in [7, 11) is 0. The van der Waals surface area contributed by atoms with E-state index < -0.39 is 0 Å². The summed E-state index contributed by atoms with van der Waals surface area (Å²) in [6.07, 6.45) is 11.0. The molecule has 1 saturated heterocycles. The van der Waals surface area contributed by atoms with Crippen molar-refractivity contribution in [1.29, 1.82) is 0 Å². The molecule has 0 radical (unpaired) electrons. The second-order valence-electron chi connectivity index (χ2n) is 3.79. The van der Waals surface area contributed by atoms with E-state index in [2.05, 4.69) is 6.08 Å². The summed E-state index contributed by atoms with van der Waals surface area (Å²) in [5, 5.41) is 0. The topological polar surface area (TPSA) is 4.44 Å². The van der Waals surface area contributed by atoms with Crippen LogP contribution in [-0.4, -0.2) is 13.1 Å². The third-order valence-electron chi connectivity index (χ3n) is 2.95. The van der Waals surface area contributed by atoms with E-state index in [1.807, 2.05) is 0 Å². The predicted molar refractivity (Wildman–Crippen MR) is 46.5 cm³/mol. The third-order valence-corrected chi connectivity index (χ3v) is 2.95. The van der Waals surface area contributed by atoms with E-state index in [1.54, 1.807) is 10.6 Å². The van der Waals surface area contributed by atoms with E-state index in [4.69, 9.17) is 0 Å². The average molecular weight is 188 g/mol. The summed E-state index contributed by atoms with van der Waals surface area (Å²) in [6.45, 7) is 2.82. The molecule has 0 saturated carbocycles. The molecule has 0 spiro atoms. The number of allylic oxidation sites excluding steroid dienone is 2. The molecule has 2 heteroatoms. The van der Waals surface area contributed by atoms with Gasteiger partial charge in [-0.1, -0.05) is 0 Å². The molecule has 70 valence electrons. The van der Waals surface area contributed by atoms with Crippen LogP contribution in [-0.2, 0) is 0 Å². The van der Waals surface area contributed by atoms with Crippen molar-refractivity contribution in [2.75, 3.05) is 13.1 Å². The Morgan fingerprint density at radius 2 is 1.83 bits per heavy atom. The van der Waals surface area contributed by atoms with Gasteiger partial charge in [-0.2, -0.15) is 0 Å². The molecule has 1 N–H and O–H groups in total. The van der Waals surface area contributed by atoms with Crippen LogP contribution < -0.4 is 17.3 Å². The van der Waals surface area contributed by atoms with Crippen LogP contribution in [0.1, 0.15) is 38.5 Å². The zero-order valence-electron chi connectivity index (χ0n) is 7.61. The van der Waals surface area contributed by atoms with E-state index in [0.717, 1.165) is 0 Å². The minimum absolute atomic E-state index is 0. The van der Waals surface area contributed by atoms with Crippen LogP contribution in [0.4, 0.5) is 0 Å². The standard InChI is InChI=1S/C10H17N.ClH/c1-2-6-10-7-3-5-9-11(10)8-4-1;/h7H,1-6,8-9H2;1H. The van der Waals surface area contributed by atoms with E-state index in [0.29, 0.717) is 0 Å². The monoisotopic (exact) mass is 187 g/mol. The van der Waals surface area contributed by atoms with E-state index in [1.165, 1.54) is 51.6 Å². The van der Waals surface area contributed by atoms with Gasteiger partial charge in [0, 0.05) is 12.8 Å². The Morgan fingerprint density at radius 3 is 2.75 bits per heavy atom. The Hall–Kier alpha value is -0.0100. The Labute approximate surface area is 81.2 Å². The van der Waals surface area contributed by atoms with Gasteiger partial charge >= 0.3 is 0 Å². The molecule has 1 nitrogen and oxygen atoms in total. The van der Waals surface area contributed by atoms with Crippen molar-refractivity contribution in [1.82, 2.24) is 0 Å². The van der Waals surface area contributed by atoms with Crippen LogP contribution in [0.15, 0.2) is 11.8 Å². The summed E-state index contributed by atoms with van der Waals surface area (Å²) in [5.74, 6) is 0. The maximum absolute atomic E-state index is 2.49. The molecule has 0 aromatic rings. The summed E-state index contributed by atoms with van der Waals surface area (Å²) >= 11 is 0. The van der Waals surface area contributed by atoms with Crippen LogP contribution in [0.2, 0.25) is 0 Å². The average Bonchev–Trinajstić information content (AvgIpc) is 2.28. The van der Waals surface area contributed by atoms with Crippen molar-refractivity contribution in [3.63, 3.8) is 0 Å². The lowest BCUT2D eigenvalue weighted by Gasteiger charge is -2.22. The van der Waals surface area contributed by atoms with Crippen molar-refractivity contribution >= 4 is 0 Å². The number of nitrogens with one attached hydrogen (secondary N) is 1. The molecule has 2 heterocycles. The maximum atomic E-state index is 2.49. The number of hydrogen-bond donors (Lipinski definition) is 1. The molecule has 0 aliphatic carbocycles. The Kier molecular flexibility index (Phi) is 4.10. The molecule has 0 amide bonds. The van der Waals surface area contributed by atoms with Crippen LogP contribution >= 0.6 is 0 Å². The summed E-state index contributed by atoms with van der Waals surface area (Å²) in [5.41, 5.74) is 1.73. The molecule has 1 unspecified atom stereocenters. The highest BCUT2D eigenvalue weighted by molar-refractivity contribution is 4.94. The van der Waals surface area contributed by atoms with Crippen molar-refractivity contribution < 1.29 is 17.3 Å². The van der Waals surface area contributed by atoms with Crippen LogP contribution in [0, 0.1) is 0 Å². The lowest BCUT2D eigenvalue weighted by molar-refractivity contribution is -0.863. The van der Waals surface area contributed by atoms with Crippen molar-refractivity contribution in [3.8, 4) is 0 Å². The number of halogens is 1. The fraction of sp³-hybridized carbons (Fsp3) is 0.800. The molecular formula is C10H18ClN. The first-order valence-electron chi connectivity index (χ1n) is 5.01. The van der Waals surface area contributed by atoms with Gasteiger partial charge in [0.05, 0.1) is 13.1 Å². The van der Waals surface area contributed by atoms with Crippen molar-refractivity contribution in [2.45, 2.75) is 38.5 Å². The first-order valence-corrected chi connectivity index (χ1v) is 5.01. The highest BCUT2D eigenvalue weighted by Gasteiger charge is 2.20. The van der Waals surface area contributed by atoms with Gasteiger partial charge in [-0.3, -0.25) is 0 Å². The van der Waals surface area contributed by atoms with Crippen LogP contribution in [0.3, 0.4) is 0 Å². The van der Waals surface area contributed by atoms with Crippen LogP contribution in [0.25, 0.3) is 0 Å². The summed E-state index contributed by atoms with van der Waals surface area (Å²) in [4.78, 5) is 1.80. The molecule has 2 aliphatic heterocycles. The van der Waals surface area contributed by atoms with Crippen molar-refractivity contribution in [3.05, 3.63) is 11.8 Å². The summed E-state index contributed by atoms with van der Waals surface area (Å²) < 4.78 is 0. The van der Waals surface area contributed by atoms with Gasteiger partial charge in [0.1, 0.15) is 5.70 Å². The molecular weight excluding hydrogens is 170 g/mol. The molecule has 0 aromatic heterocycles. The predicted octanol–water partition coefficient (Wildman–Crippen LogP) is -1.87. The normalized spacial score (nSPS) is 29.3. The molecule has 1 atom stereocenters. The quantitative estimate of drug-likeness (QED) is 0.453. The van der Waals surface area contributed by atoms with Gasteiger partial charge in [0.2, 0.25) is 0 Å². The van der Waals surface area contributed by atoms with Crippen LogP contribution in [0.5, 0.6) is 0 Å². The second kappa shape index (κ2) is 4.88. The van der Waals surface area contributed by atoms with E-state index in [-0.39, 0.29) is 12.4 Å². The maximum Gasteiger partial charge on any atom is 0.103 e. The molecule has 0 aromatic carbocycles. The van der Waals surface area contributed by atoms with Gasteiger partial charge in [0.25, 0.3) is 0 Å². The lowest BCUT2D eigenvalue weighted by atomic mass is 10.1. The number of hydrogen-bond acceptors (Lipinski definition) is 0. The number of quaternary nitrogens is 1. The molecule has 2 rings (SSSR count). The number of fused-ring (bicyclic) bond motifs is 1. The molecule has 0 bridgehead atoms. The van der Waals surface area contributed by atoms with Gasteiger partial charge in [-0.05, 0) is 31.8 Å². The SMILES string of the molecule is C1=C2CCCCC[NH+]2CCC1.[Cl-]. The fourth-order valence-electron chi connectivity index (χ4n) is 2.29. The Morgan fingerprint density at radius 1 is 1.00 bits per heavy atom. The minimum Gasteiger partial charge on any atom is -1.00 e. The molecule has 12 heavy (non-hydrogen) atoms. The van der Waals surface area contributed by atoms with Gasteiger partial charge in [0.15, 0.2) is 0 Å². The highest BCUT2D eigenvalue weighted by atomic mass is 35.5. The third kappa shape index (κ3) is 2.24. The van der Waals surface area contributed by atoms with Gasteiger partial charge in [-0.15, -0.1) is 0 Å². The van der Waals surface area contributed by atoms with Gasteiger partial charge < -0.3 is 17.3 Å². The second-order valence-corrected chi connectivity index (χ2v) is 3.79. The zero-order valence-corrected chi connectivity index (χ0v) is 8.37. The number of rotatable bonds is 0. The molecule has 1 fully saturated rings. The van der Waals surface area contributed by atoms with E-state index in [9.17, 15) is 0 Å². The first-order chi connectivity index (χ1) is 5.47. The zero-order chi connectivity index (χ0) is 7.52. The summed E-state index contributed by atoms with van der Waals surface area (Å²) in [6, 6.07) is 0. The van der Waals surface area contributed by atoms with E-state index >= 15 is 0 Å². The minimum atomic E-state index is 0. The van der Waals surface area contributed by atoms with Gasteiger partial charge in [-0.25, -0.2) is 0 Å². The smallest absolute Gasteiger partial charge is 0.103 e. The Bertz CT molecular complexity index is 165. The molecule has 2 aliphatic rings.